The van der Waals surface area contributed by atoms with Gasteiger partial charge in [-0.05, 0) is 24.3 Å². The second kappa shape index (κ2) is 5.18. The average Bonchev–Trinajstić information content (AvgIpc) is 2.39. The van der Waals surface area contributed by atoms with E-state index in [4.69, 9.17) is 9.84 Å². The lowest BCUT2D eigenvalue weighted by Crippen LogP contribution is -2.10. The molecule has 0 aliphatic heterocycles. The number of aromatic nitrogens is 1. The Labute approximate surface area is 107 Å². The van der Waals surface area contributed by atoms with Crippen LogP contribution in [0.2, 0.25) is 0 Å². The third-order valence-electron chi connectivity index (χ3n) is 2.25. The van der Waals surface area contributed by atoms with Gasteiger partial charge >= 0.3 is 11.9 Å². The molecule has 0 fully saturated rings. The van der Waals surface area contributed by atoms with Gasteiger partial charge < -0.3 is 14.9 Å². The molecule has 96 valence electrons. The predicted molar refractivity (Wildman–Crippen MR) is 64.3 cm³/mol. The van der Waals surface area contributed by atoms with E-state index in [9.17, 15) is 14.7 Å². The van der Waals surface area contributed by atoms with Gasteiger partial charge in [-0.25, -0.2) is 14.6 Å². The van der Waals surface area contributed by atoms with Crippen molar-refractivity contribution in [2.45, 2.75) is 0 Å². The van der Waals surface area contributed by atoms with Crippen molar-refractivity contribution < 1.29 is 24.5 Å². The zero-order valence-corrected chi connectivity index (χ0v) is 9.61. The van der Waals surface area contributed by atoms with Crippen LogP contribution in [-0.4, -0.2) is 27.1 Å². The first-order chi connectivity index (χ1) is 9.06. The zero-order valence-electron chi connectivity index (χ0n) is 9.61. The summed E-state index contributed by atoms with van der Waals surface area (Å²) in [6.07, 6.45) is 1.12. The molecule has 1 aromatic carbocycles. The maximum absolute atomic E-state index is 11.7. The SMILES string of the molecule is O=C(Oc1cccc(O)c1)c1ccc(C(=O)O)nc1. The fourth-order valence-electron chi connectivity index (χ4n) is 1.35. The quantitative estimate of drug-likeness (QED) is 0.643. The second-order valence-corrected chi connectivity index (χ2v) is 3.62. The highest BCUT2D eigenvalue weighted by Gasteiger charge is 2.11. The Balaban J connectivity index is 2.14. The summed E-state index contributed by atoms with van der Waals surface area (Å²) >= 11 is 0. The van der Waals surface area contributed by atoms with E-state index in [0.29, 0.717) is 0 Å². The Morgan fingerprint density at radius 1 is 1.16 bits per heavy atom. The molecule has 0 atom stereocenters. The number of aromatic carboxylic acids is 1. The summed E-state index contributed by atoms with van der Waals surface area (Å²) in [4.78, 5) is 25.9. The smallest absolute Gasteiger partial charge is 0.354 e. The number of esters is 1. The first-order valence-corrected chi connectivity index (χ1v) is 5.27. The van der Waals surface area contributed by atoms with Crippen LogP contribution in [0.4, 0.5) is 0 Å². The molecule has 1 heterocycles. The van der Waals surface area contributed by atoms with Gasteiger partial charge in [-0.2, -0.15) is 0 Å². The average molecular weight is 259 g/mol. The molecule has 2 N–H and O–H groups in total. The first-order valence-electron chi connectivity index (χ1n) is 5.27. The van der Waals surface area contributed by atoms with E-state index in [1.54, 1.807) is 0 Å². The lowest BCUT2D eigenvalue weighted by molar-refractivity contribution is 0.0685. The zero-order chi connectivity index (χ0) is 13.8. The van der Waals surface area contributed by atoms with Gasteiger partial charge in [0.1, 0.15) is 17.2 Å². The third-order valence-corrected chi connectivity index (χ3v) is 2.25. The molecule has 0 saturated heterocycles. The Kier molecular flexibility index (Phi) is 3.42. The Hall–Kier alpha value is -2.89. The summed E-state index contributed by atoms with van der Waals surface area (Å²) in [7, 11) is 0. The molecular formula is C13H9NO5. The number of carboxylic acids is 1. The molecule has 0 aliphatic carbocycles. The van der Waals surface area contributed by atoms with Crippen LogP contribution in [0.5, 0.6) is 11.5 Å². The van der Waals surface area contributed by atoms with Gasteiger partial charge in [-0.3, -0.25) is 0 Å². The van der Waals surface area contributed by atoms with E-state index >= 15 is 0 Å². The molecule has 1 aromatic heterocycles. The van der Waals surface area contributed by atoms with Crippen molar-refractivity contribution in [1.29, 1.82) is 0 Å². The number of ether oxygens (including phenoxy) is 1. The number of carbonyl (C=O) groups is 2. The van der Waals surface area contributed by atoms with Gasteiger partial charge in [0.05, 0.1) is 5.56 Å². The van der Waals surface area contributed by atoms with Crippen LogP contribution in [0.3, 0.4) is 0 Å². The standard InChI is InChI=1S/C13H9NO5/c15-9-2-1-3-10(6-9)19-13(18)8-4-5-11(12(16)17)14-7-8/h1-7,15H,(H,16,17). The summed E-state index contributed by atoms with van der Waals surface area (Å²) in [5, 5.41) is 17.9. The molecule has 0 spiro atoms. The Morgan fingerprint density at radius 3 is 2.53 bits per heavy atom. The van der Waals surface area contributed by atoms with Crippen molar-refractivity contribution in [3.63, 3.8) is 0 Å². The van der Waals surface area contributed by atoms with Gasteiger partial charge in [-0.15, -0.1) is 0 Å². The number of rotatable bonds is 3. The molecule has 0 unspecified atom stereocenters. The molecule has 0 radical (unpaired) electrons. The number of nitrogens with zero attached hydrogens (tertiary/aromatic N) is 1. The normalized spacial score (nSPS) is 9.89. The van der Waals surface area contributed by atoms with Crippen LogP contribution < -0.4 is 4.74 Å². The number of hydrogen-bond donors (Lipinski definition) is 2. The highest BCUT2D eigenvalue weighted by molar-refractivity contribution is 5.92. The topological polar surface area (TPSA) is 96.7 Å². The minimum Gasteiger partial charge on any atom is -0.508 e. The lowest BCUT2D eigenvalue weighted by atomic mass is 10.2. The first kappa shape index (κ1) is 12.6. The molecule has 6 heteroatoms. The molecule has 19 heavy (non-hydrogen) atoms. The molecule has 0 aliphatic rings. The van der Waals surface area contributed by atoms with E-state index in [1.165, 1.54) is 36.4 Å². The van der Waals surface area contributed by atoms with Crippen LogP contribution in [-0.2, 0) is 0 Å². The van der Waals surface area contributed by atoms with Crippen molar-refractivity contribution in [3.8, 4) is 11.5 Å². The molecule has 0 saturated carbocycles. The lowest BCUT2D eigenvalue weighted by Gasteiger charge is -2.04. The molecule has 0 amide bonds. The number of pyridine rings is 1. The maximum atomic E-state index is 11.7. The molecule has 2 aromatic rings. The van der Waals surface area contributed by atoms with Crippen molar-refractivity contribution in [2.75, 3.05) is 0 Å². The van der Waals surface area contributed by atoms with Crippen LogP contribution in [0, 0.1) is 0 Å². The van der Waals surface area contributed by atoms with Crippen LogP contribution >= 0.6 is 0 Å². The summed E-state index contributed by atoms with van der Waals surface area (Å²) in [6, 6.07) is 8.29. The van der Waals surface area contributed by atoms with Gasteiger partial charge in [0.15, 0.2) is 0 Å². The van der Waals surface area contributed by atoms with E-state index in [2.05, 4.69) is 4.98 Å². The van der Waals surface area contributed by atoms with Crippen molar-refractivity contribution >= 4 is 11.9 Å². The van der Waals surface area contributed by atoms with E-state index in [0.717, 1.165) is 6.20 Å². The van der Waals surface area contributed by atoms with E-state index in [-0.39, 0.29) is 22.8 Å². The van der Waals surface area contributed by atoms with Gasteiger partial charge in [0, 0.05) is 12.3 Å². The van der Waals surface area contributed by atoms with E-state index in [1.807, 2.05) is 0 Å². The number of phenols is 1. The molecule has 0 bridgehead atoms. The minimum absolute atomic E-state index is 0.0235. The summed E-state index contributed by atoms with van der Waals surface area (Å²) in [5.41, 5.74) is -0.0396. The van der Waals surface area contributed by atoms with Crippen LogP contribution in [0.1, 0.15) is 20.8 Å². The Morgan fingerprint density at radius 2 is 1.95 bits per heavy atom. The van der Waals surface area contributed by atoms with Crippen molar-refractivity contribution in [2.24, 2.45) is 0 Å². The van der Waals surface area contributed by atoms with Gasteiger partial charge in [0.25, 0.3) is 0 Å². The van der Waals surface area contributed by atoms with Gasteiger partial charge in [-0.1, -0.05) is 6.07 Å². The summed E-state index contributed by atoms with van der Waals surface area (Å²) < 4.78 is 5.00. The van der Waals surface area contributed by atoms with Gasteiger partial charge in [0.2, 0.25) is 0 Å². The Bertz CT molecular complexity index is 621. The summed E-state index contributed by atoms with van der Waals surface area (Å²) in [5.74, 6) is -1.69. The molecular weight excluding hydrogens is 250 g/mol. The number of benzene rings is 1. The highest BCUT2D eigenvalue weighted by atomic mass is 16.5. The third kappa shape index (κ3) is 3.06. The predicted octanol–water partition coefficient (Wildman–Crippen LogP) is 1.70. The number of phenolic OH excluding ortho intramolecular Hbond substituents is 1. The number of carboxylic acid groups (broad SMARTS) is 1. The fraction of sp³-hybridized carbons (Fsp3) is 0. The van der Waals surface area contributed by atoms with Crippen LogP contribution in [0.25, 0.3) is 0 Å². The van der Waals surface area contributed by atoms with E-state index < -0.39 is 11.9 Å². The molecule has 6 nitrogen and oxygen atoms in total. The number of aromatic hydroxyl groups is 1. The second-order valence-electron chi connectivity index (χ2n) is 3.62. The minimum atomic E-state index is -1.17. The maximum Gasteiger partial charge on any atom is 0.354 e. The largest absolute Gasteiger partial charge is 0.508 e. The van der Waals surface area contributed by atoms with Crippen molar-refractivity contribution in [3.05, 3.63) is 53.9 Å². The number of hydrogen-bond acceptors (Lipinski definition) is 5. The number of carbonyl (C=O) groups excluding carboxylic acids is 1. The molecule has 2 rings (SSSR count). The fourth-order valence-corrected chi connectivity index (χ4v) is 1.35. The van der Waals surface area contributed by atoms with Crippen molar-refractivity contribution in [1.82, 2.24) is 4.98 Å². The highest BCUT2D eigenvalue weighted by Crippen LogP contribution is 2.18. The summed E-state index contributed by atoms with van der Waals surface area (Å²) in [6.45, 7) is 0. The monoisotopic (exact) mass is 259 g/mol. The van der Waals surface area contributed by atoms with Crippen LogP contribution in [0.15, 0.2) is 42.6 Å².